The number of nitrogens with zero attached hydrogens (tertiary/aromatic N) is 6. The number of aryl methyl sites for hydroxylation is 1. The third-order valence-electron chi connectivity index (χ3n) is 2.47. The molecule has 2 aromatic heterocycles. The Morgan fingerprint density at radius 1 is 1.63 bits per heavy atom. The van der Waals surface area contributed by atoms with Crippen LogP contribution in [0.4, 0.5) is 10.3 Å². The maximum Gasteiger partial charge on any atom is 0.434 e. The van der Waals surface area contributed by atoms with Gasteiger partial charge in [-0.1, -0.05) is 4.98 Å². The fraction of sp³-hybridized carbons (Fsp3) is 0.444. The normalized spacial score (nSPS) is 12.5. The third-order valence-corrected chi connectivity index (χ3v) is 2.47. The minimum atomic E-state index is -1.05. The summed E-state index contributed by atoms with van der Waals surface area (Å²) in [6.07, 6.45) is 4.37. The molecule has 0 spiro atoms. The lowest BCUT2D eigenvalue weighted by molar-refractivity contribution is -0.762. The number of rotatable bonds is 6. The molecule has 10 heteroatoms. The van der Waals surface area contributed by atoms with Gasteiger partial charge in [-0.05, 0) is 4.92 Å². The van der Waals surface area contributed by atoms with E-state index in [1.807, 2.05) is 0 Å². The Hall–Kier alpha value is -2.36. The van der Waals surface area contributed by atoms with Crippen molar-refractivity contribution >= 4 is 5.95 Å². The van der Waals surface area contributed by atoms with Crippen molar-refractivity contribution in [2.75, 3.05) is 6.67 Å². The summed E-state index contributed by atoms with van der Waals surface area (Å²) in [6.45, 7) is -0.530. The van der Waals surface area contributed by atoms with Crippen molar-refractivity contribution in [3.63, 3.8) is 0 Å². The van der Waals surface area contributed by atoms with E-state index in [-0.39, 0.29) is 19.0 Å². The highest BCUT2D eigenvalue weighted by Crippen LogP contribution is 2.09. The second-order valence-corrected chi connectivity index (χ2v) is 3.76. The molecule has 2 heterocycles. The summed E-state index contributed by atoms with van der Waals surface area (Å²) in [7, 11) is 0. The lowest BCUT2D eigenvalue weighted by Crippen LogP contribution is -2.40. The van der Waals surface area contributed by atoms with E-state index in [0.29, 0.717) is 0 Å². The molecule has 1 unspecified atom stereocenters. The van der Waals surface area contributed by atoms with Gasteiger partial charge in [-0.2, -0.15) is 0 Å². The molecule has 0 aliphatic carbocycles. The summed E-state index contributed by atoms with van der Waals surface area (Å²) in [5, 5.41) is 24.4. The summed E-state index contributed by atoms with van der Waals surface area (Å²) in [5.74, 6) is -0.351. The highest BCUT2D eigenvalue weighted by Gasteiger charge is 2.21. The van der Waals surface area contributed by atoms with Crippen molar-refractivity contribution in [1.82, 2.24) is 19.3 Å². The van der Waals surface area contributed by atoms with Gasteiger partial charge < -0.3 is 15.2 Å². The van der Waals surface area contributed by atoms with Crippen molar-refractivity contribution in [2.45, 2.75) is 19.3 Å². The monoisotopic (exact) mass is 270 g/mol. The van der Waals surface area contributed by atoms with Crippen molar-refractivity contribution in [1.29, 1.82) is 0 Å². The van der Waals surface area contributed by atoms with Crippen molar-refractivity contribution in [3.05, 3.63) is 35.2 Å². The van der Waals surface area contributed by atoms with Crippen LogP contribution in [0.25, 0.3) is 0 Å². The van der Waals surface area contributed by atoms with E-state index in [9.17, 15) is 19.6 Å². The smallest absolute Gasteiger partial charge is 0.390 e. The molecular formula is C9H12FN6O3+. The van der Waals surface area contributed by atoms with Gasteiger partial charge >= 0.3 is 5.95 Å². The molecule has 1 atom stereocenters. The summed E-state index contributed by atoms with van der Waals surface area (Å²) in [4.78, 5) is 13.6. The fourth-order valence-electron chi connectivity index (χ4n) is 1.58. The molecule has 0 aliphatic rings. The topological polar surface area (TPSA) is 103 Å². The first-order valence-electron chi connectivity index (χ1n) is 5.44. The maximum absolute atomic E-state index is 12.1. The molecule has 0 saturated carbocycles. The molecule has 0 aromatic carbocycles. The van der Waals surface area contributed by atoms with Crippen molar-refractivity contribution < 1.29 is 19.0 Å². The predicted molar refractivity (Wildman–Crippen MR) is 58.5 cm³/mol. The molecule has 102 valence electrons. The van der Waals surface area contributed by atoms with Gasteiger partial charge in [0, 0.05) is 5.10 Å². The van der Waals surface area contributed by atoms with Crippen LogP contribution in [0.2, 0.25) is 0 Å². The van der Waals surface area contributed by atoms with Gasteiger partial charge in [-0.3, -0.25) is 0 Å². The highest BCUT2D eigenvalue weighted by atomic mass is 18.2. The Morgan fingerprint density at radius 3 is 3.11 bits per heavy atom. The van der Waals surface area contributed by atoms with Crippen LogP contribution in [0.15, 0.2) is 25.0 Å². The molecule has 0 fully saturated rings. The Labute approximate surface area is 106 Å². The van der Waals surface area contributed by atoms with Crippen LogP contribution in [0.5, 0.6) is 0 Å². The first kappa shape index (κ1) is 13.1. The highest BCUT2D eigenvalue weighted by molar-refractivity contribution is 5.06. The van der Waals surface area contributed by atoms with E-state index in [4.69, 9.17) is 0 Å². The number of nitro groups is 1. The first-order chi connectivity index (χ1) is 9.11. The fourth-order valence-corrected chi connectivity index (χ4v) is 1.58. The van der Waals surface area contributed by atoms with Gasteiger partial charge in [-0.15, -0.1) is 4.68 Å². The number of aliphatic hydroxyl groups excluding tert-OH is 1. The van der Waals surface area contributed by atoms with Crippen LogP contribution in [0.1, 0.15) is 6.23 Å². The average molecular weight is 270 g/mol. The summed E-state index contributed by atoms with van der Waals surface area (Å²) < 4.78 is 16.0. The number of hydrogen-bond acceptors (Lipinski definition) is 5. The Kier molecular flexibility index (Phi) is 3.80. The Morgan fingerprint density at radius 2 is 2.42 bits per heavy atom. The standard InChI is InChI=1S/C9H12FN6O3/c10-1-3-15-7-14(6-12-15)8(17)5-13-4-2-11-9(13)16(18)19/h2,4,6-8,17H,1,3,5H2/q+1/i10-1. The number of aromatic nitrogens is 5. The van der Waals surface area contributed by atoms with Crippen molar-refractivity contribution in [3.8, 4) is 0 Å². The van der Waals surface area contributed by atoms with E-state index >= 15 is 0 Å². The van der Waals surface area contributed by atoms with E-state index in [1.165, 1.54) is 38.9 Å². The lowest BCUT2D eigenvalue weighted by atomic mass is 10.5. The molecular weight excluding hydrogens is 258 g/mol. The molecule has 9 nitrogen and oxygen atoms in total. The molecule has 0 saturated heterocycles. The SMILES string of the molecule is O=[N+]([O-])c1nccn1CC(O)[n+]1cnn(CC[18F])c1. The van der Waals surface area contributed by atoms with Crippen LogP contribution in [-0.2, 0) is 13.1 Å². The Balaban J connectivity index is 2.09. The minimum absolute atomic E-state index is 0.0533. The molecule has 2 aromatic rings. The molecule has 0 bridgehead atoms. The summed E-state index contributed by atoms with van der Waals surface area (Å²) >= 11 is 0. The van der Waals surface area contributed by atoms with Gasteiger partial charge in [0.05, 0.1) is 0 Å². The van der Waals surface area contributed by atoms with Crippen LogP contribution in [0, 0.1) is 10.1 Å². The number of alkyl halides is 1. The number of aliphatic hydroxyl groups is 1. The molecule has 0 radical (unpaired) electrons. The second-order valence-electron chi connectivity index (χ2n) is 3.76. The predicted octanol–water partition coefficient (Wildman–Crippen LogP) is -0.564. The second kappa shape index (κ2) is 5.52. The molecule has 1 N–H and O–H groups in total. The van der Waals surface area contributed by atoms with Gasteiger partial charge in [-0.25, -0.2) is 13.5 Å². The van der Waals surface area contributed by atoms with Gasteiger partial charge in [0.25, 0.3) is 6.33 Å². The number of hydrogen-bond donors (Lipinski definition) is 1. The van der Waals surface area contributed by atoms with Crippen LogP contribution in [0.3, 0.4) is 0 Å². The summed E-state index contributed by atoms with van der Waals surface area (Å²) in [5.41, 5.74) is 0. The first-order valence-corrected chi connectivity index (χ1v) is 5.44. The van der Waals surface area contributed by atoms with E-state index in [2.05, 4.69) is 10.1 Å². The quantitative estimate of drug-likeness (QED) is 0.430. The van der Waals surface area contributed by atoms with Crippen LogP contribution < -0.4 is 4.57 Å². The zero-order valence-corrected chi connectivity index (χ0v) is 9.83. The molecule has 0 amide bonds. The zero-order valence-electron chi connectivity index (χ0n) is 9.83. The summed E-state index contributed by atoms with van der Waals surface area (Å²) in [6, 6.07) is 0. The zero-order chi connectivity index (χ0) is 13.8. The van der Waals surface area contributed by atoms with Crippen LogP contribution >= 0.6 is 0 Å². The van der Waals surface area contributed by atoms with E-state index < -0.39 is 17.8 Å². The van der Waals surface area contributed by atoms with Gasteiger partial charge in [0.15, 0.2) is 0 Å². The third kappa shape index (κ3) is 2.91. The molecule has 19 heavy (non-hydrogen) atoms. The lowest BCUT2D eigenvalue weighted by Gasteiger charge is -2.06. The van der Waals surface area contributed by atoms with Crippen molar-refractivity contribution in [2.24, 2.45) is 0 Å². The molecule has 2 rings (SSSR count). The number of imidazole rings is 1. The van der Waals surface area contributed by atoms with Gasteiger partial charge in [0.1, 0.15) is 32.2 Å². The largest absolute Gasteiger partial charge is 0.434 e. The maximum atomic E-state index is 12.1. The van der Waals surface area contributed by atoms with E-state index in [1.54, 1.807) is 0 Å². The van der Waals surface area contributed by atoms with Gasteiger partial charge in [0.2, 0.25) is 12.6 Å². The van der Waals surface area contributed by atoms with Crippen LogP contribution in [-0.4, -0.2) is 36.0 Å². The average Bonchev–Trinajstić information content (AvgIpc) is 2.98. The minimum Gasteiger partial charge on any atom is -0.390 e. The number of halogens is 1. The molecule has 0 aliphatic heterocycles. The Bertz CT molecular complexity index is 568. The van der Waals surface area contributed by atoms with E-state index in [0.717, 1.165) is 0 Å².